The SMILES string of the molecule is O=C(Nc1cccc(-c2csc(NC(=O)c3ccc([N+](=O)[O-])cc3[N+](=O)[O-])n2)c1)c1ccc([N+](=O)[O-])cc1[N+](=O)[O-]. The summed E-state index contributed by atoms with van der Waals surface area (Å²) in [6, 6.07) is 11.4. The molecule has 206 valence electrons. The molecule has 0 aliphatic heterocycles. The highest BCUT2D eigenvalue weighted by Gasteiger charge is 2.26. The molecule has 0 aliphatic rings. The summed E-state index contributed by atoms with van der Waals surface area (Å²) >= 11 is 0.977. The van der Waals surface area contributed by atoms with E-state index >= 15 is 0 Å². The van der Waals surface area contributed by atoms with E-state index in [1.54, 1.807) is 17.5 Å². The summed E-state index contributed by atoms with van der Waals surface area (Å²) in [6.45, 7) is 0. The minimum atomic E-state index is -0.918. The minimum Gasteiger partial charge on any atom is -0.322 e. The van der Waals surface area contributed by atoms with E-state index in [4.69, 9.17) is 0 Å². The first kappa shape index (κ1) is 27.9. The van der Waals surface area contributed by atoms with Crippen LogP contribution in [0.4, 0.5) is 33.6 Å². The van der Waals surface area contributed by atoms with E-state index in [0.29, 0.717) is 23.4 Å². The third kappa shape index (κ3) is 6.12. The van der Waals surface area contributed by atoms with Crippen molar-refractivity contribution in [2.75, 3.05) is 10.6 Å². The zero-order valence-electron chi connectivity index (χ0n) is 20.1. The van der Waals surface area contributed by atoms with Gasteiger partial charge in [-0.1, -0.05) is 12.1 Å². The molecule has 18 heteroatoms. The quantitative estimate of drug-likeness (QED) is 0.198. The highest BCUT2D eigenvalue weighted by Crippen LogP contribution is 2.30. The normalized spacial score (nSPS) is 10.4. The van der Waals surface area contributed by atoms with Crippen molar-refractivity contribution >= 4 is 56.7 Å². The van der Waals surface area contributed by atoms with E-state index in [1.807, 2.05) is 0 Å². The predicted molar refractivity (Wildman–Crippen MR) is 143 cm³/mol. The minimum absolute atomic E-state index is 0.0496. The highest BCUT2D eigenvalue weighted by molar-refractivity contribution is 7.14. The van der Waals surface area contributed by atoms with Crippen molar-refractivity contribution in [3.63, 3.8) is 0 Å². The summed E-state index contributed by atoms with van der Waals surface area (Å²) in [5, 5.41) is 51.0. The molecular weight excluding hydrogens is 566 g/mol. The number of nitrogens with zero attached hydrogens (tertiary/aromatic N) is 5. The van der Waals surface area contributed by atoms with Gasteiger partial charge in [0.1, 0.15) is 11.1 Å². The van der Waals surface area contributed by atoms with Crippen LogP contribution >= 0.6 is 11.3 Å². The maximum absolute atomic E-state index is 12.7. The number of amides is 2. The molecule has 0 unspecified atom stereocenters. The molecule has 0 saturated carbocycles. The maximum Gasteiger partial charge on any atom is 0.289 e. The lowest BCUT2D eigenvalue weighted by molar-refractivity contribution is -0.394. The van der Waals surface area contributed by atoms with Crippen LogP contribution in [-0.4, -0.2) is 36.5 Å². The van der Waals surface area contributed by atoms with Crippen LogP contribution in [0, 0.1) is 40.5 Å². The first-order valence-corrected chi connectivity index (χ1v) is 11.9. The number of hydrogen-bond donors (Lipinski definition) is 2. The molecule has 0 atom stereocenters. The topological polar surface area (TPSA) is 244 Å². The maximum atomic E-state index is 12.7. The van der Waals surface area contributed by atoms with Crippen molar-refractivity contribution in [3.8, 4) is 11.3 Å². The number of nitrogens with one attached hydrogen (secondary N) is 2. The summed E-state index contributed by atoms with van der Waals surface area (Å²) in [5.74, 6) is -1.81. The molecule has 0 bridgehead atoms. The number of thiazole rings is 1. The number of anilines is 2. The Labute approximate surface area is 230 Å². The first-order valence-electron chi connectivity index (χ1n) is 11.0. The van der Waals surface area contributed by atoms with Gasteiger partial charge in [0.2, 0.25) is 0 Å². The molecule has 4 aromatic rings. The fraction of sp³-hybridized carbons (Fsp3) is 0. The number of carbonyl (C=O) groups is 2. The molecule has 0 spiro atoms. The average molecular weight is 579 g/mol. The van der Waals surface area contributed by atoms with Crippen molar-refractivity contribution in [2.24, 2.45) is 0 Å². The van der Waals surface area contributed by atoms with Crippen molar-refractivity contribution in [1.29, 1.82) is 0 Å². The van der Waals surface area contributed by atoms with Crippen molar-refractivity contribution in [1.82, 2.24) is 4.98 Å². The Kier molecular flexibility index (Phi) is 7.67. The van der Waals surface area contributed by atoms with E-state index in [1.165, 1.54) is 12.1 Å². The fourth-order valence-electron chi connectivity index (χ4n) is 3.54. The Bertz CT molecular complexity index is 1770. The number of hydrogen-bond acceptors (Lipinski definition) is 12. The standard InChI is InChI=1S/C23H13N7O10S/c31-21(16-6-4-14(27(33)34)9-19(16)29(37)38)24-13-3-1-2-12(8-13)18-11-41-23(25-18)26-22(32)17-7-5-15(28(35)36)10-20(17)30(39)40/h1-11H,(H,24,31)(H,25,26,32). The van der Waals surface area contributed by atoms with Crippen molar-refractivity contribution in [2.45, 2.75) is 0 Å². The van der Waals surface area contributed by atoms with Crippen LogP contribution in [0.25, 0.3) is 11.3 Å². The van der Waals surface area contributed by atoms with Gasteiger partial charge in [0.15, 0.2) is 5.13 Å². The van der Waals surface area contributed by atoms with Gasteiger partial charge >= 0.3 is 0 Å². The van der Waals surface area contributed by atoms with Gasteiger partial charge in [0.05, 0.1) is 37.5 Å². The summed E-state index contributed by atoms with van der Waals surface area (Å²) < 4.78 is 0. The average Bonchev–Trinajstić information content (AvgIpc) is 3.40. The Balaban J connectivity index is 1.53. The first-order chi connectivity index (χ1) is 19.4. The molecule has 0 radical (unpaired) electrons. The molecule has 0 saturated heterocycles. The van der Waals surface area contributed by atoms with Gasteiger partial charge in [-0.15, -0.1) is 11.3 Å². The van der Waals surface area contributed by atoms with Crippen LogP contribution < -0.4 is 10.6 Å². The van der Waals surface area contributed by atoms with E-state index in [0.717, 1.165) is 35.6 Å². The lowest BCUT2D eigenvalue weighted by atomic mass is 10.1. The number of aromatic nitrogens is 1. The zero-order chi connectivity index (χ0) is 29.8. The van der Waals surface area contributed by atoms with Crippen molar-refractivity contribution < 1.29 is 29.3 Å². The van der Waals surface area contributed by atoms with E-state index in [9.17, 15) is 50.0 Å². The van der Waals surface area contributed by atoms with E-state index in [2.05, 4.69) is 15.6 Å². The van der Waals surface area contributed by atoms with Crippen LogP contribution in [0.2, 0.25) is 0 Å². The van der Waals surface area contributed by atoms with Crippen LogP contribution in [0.3, 0.4) is 0 Å². The lowest BCUT2D eigenvalue weighted by Crippen LogP contribution is -2.14. The second-order valence-corrected chi connectivity index (χ2v) is 8.82. The van der Waals surface area contributed by atoms with Crippen LogP contribution in [0.1, 0.15) is 20.7 Å². The number of carbonyl (C=O) groups excluding carboxylic acids is 2. The van der Waals surface area contributed by atoms with E-state index < -0.39 is 65.4 Å². The molecule has 1 heterocycles. The second-order valence-electron chi connectivity index (χ2n) is 7.96. The zero-order valence-corrected chi connectivity index (χ0v) is 20.9. The molecule has 4 rings (SSSR count). The molecule has 17 nitrogen and oxygen atoms in total. The third-order valence-electron chi connectivity index (χ3n) is 5.41. The Morgan fingerprint density at radius 1 is 0.683 bits per heavy atom. The summed E-state index contributed by atoms with van der Waals surface area (Å²) in [4.78, 5) is 70.7. The molecule has 0 aliphatic carbocycles. The molecule has 2 N–H and O–H groups in total. The van der Waals surface area contributed by atoms with Gasteiger partial charge in [-0.2, -0.15) is 0 Å². The molecule has 2 amide bonds. The van der Waals surface area contributed by atoms with Gasteiger partial charge in [-0.25, -0.2) is 4.98 Å². The monoisotopic (exact) mass is 579 g/mol. The molecule has 1 aromatic heterocycles. The molecule has 0 fully saturated rings. The number of rotatable bonds is 9. The summed E-state index contributed by atoms with van der Waals surface area (Å²) in [7, 11) is 0. The smallest absolute Gasteiger partial charge is 0.289 e. The Morgan fingerprint density at radius 3 is 1.73 bits per heavy atom. The molecular formula is C23H13N7O10S. The summed E-state index contributed by atoms with van der Waals surface area (Å²) in [6.07, 6.45) is 0. The Hall–Kier alpha value is -6.17. The van der Waals surface area contributed by atoms with Gasteiger partial charge in [0.25, 0.3) is 34.6 Å². The largest absolute Gasteiger partial charge is 0.322 e. The number of nitro groups is 4. The van der Waals surface area contributed by atoms with Crippen LogP contribution in [0.15, 0.2) is 66.0 Å². The Morgan fingerprint density at radius 2 is 1.22 bits per heavy atom. The van der Waals surface area contributed by atoms with Gasteiger partial charge in [-0.05, 0) is 24.3 Å². The van der Waals surface area contributed by atoms with Gasteiger partial charge < -0.3 is 5.32 Å². The van der Waals surface area contributed by atoms with Crippen LogP contribution in [0.5, 0.6) is 0 Å². The fourth-order valence-corrected chi connectivity index (χ4v) is 4.25. The molecule has 3 aromatic carbocycles. The second kappa shape index (κ2) is 11.3. The number of benzene rings is 3. The third-order valence-corrected chi connectivity index (χ3v) is 6.17. The lowest BCUT2D eigenvalue weighted by Gasteiger charge is -2.07. The van der Waals surface area contributed by atoms with Gasteiger partial charge in [-0.3, -0.25) is 55.4 Å². The highest BCUT2D eigenvalue weighted by atomic mass is 32.1. The number of non-ortho nitro benzene ring substituents is 2. The van der Waals surface area contributed by atoms with Crippen molar-refractivity contribution in [3.05, 3.63) is 118 Å². The summed E-state index contributed by atoms with van der Waals surface area (Å²) in [5.41, 5.74) is -2.43. The number of nitro benzene ring substituents is 4. The predicted octanol–water partition coefficient (Wildman–Crippen LogP) is 4.95. The van der Waals surface area contributed by atoms with E-state index in [-0.39, 0.29) is 10.8 Å². The van der Waals surface area contributed by atoms with Crippen LogP contribution in [-0.2, 0) is 0 Å². The molecule has 41 heavy (non-hydrogen) atoms. The van der Waals surface area contributed by atoms with Gasteiger partial charge in [0, 0.05) is 28.8 Å².